The van der Waals surface area contributed by atoms with Crippen molar-refractivity contribution < 1.29 is 18.7 Å². The van der Waals surface area contributed by atoms with Crippen LogP contribution in [0.25, 0.3) is 0 Å². The molecule has 21 heavy (non-hydrogen) atoms. The molecule has 1 aromatic rings. The van der Waals surface area contributed by atoms with Crippen LogP contribution in [-0.4, -0.2) is 56.9 Å². The zero-order valence-electron chi connectivity index (χ0n) is 12.1. The molecule has 1 aliphatic rings. The minimum absolute atomic E-state index is 0.0631. The Morgan fingerprint density at radius 1 is 1.38 bits per heavy atom. The van der Waals surface area contributed by atoms with Crippen LogP contribution in [0.15, 0.2) is 18.2 Å². The molecule has 0 radical (unpaired) electrons. The number of likely N-dealkylation sites (tertiary alicyclic amines) is 1. The zero-order chi connectivity index (χ0) is 15.4. The average molecular weight is 297 g/mol. The van der Waals surface area contributed by atoms with E-state index in [4.69, 9.17) is 15.2 Å². The maximum atomic E-state index is 13.6. The van der Waals surface area contributed by atoms with Crippen LogP contribution in [0, 0.1) is 5.82 Å². The second-order valence-corrected chi connectivity index (χ2v) is 5.03. The van der Waals surface area contributed by atoms with Gasteiger partial charge in [0.1, 0.15) is 5.82 Å². The van der Waals surface area contributed by atoms with Gasteiger partial charge in [0.2, 0.25) is 5.91 Å². The van der Waals surface area contributed by atoms with Gasteiger partial charge in [0.25, 0.3) is 0 Å². The van der Waals surface area contributed by atoms with Gasteiger partial charge in [0, 0.05) is 33.0 Å². The van der Waals surface area contributed by atoms with E-state index in [1.165, 1.54) is 18.2 Å². The SMILES string of the molecule is COC1CN(CC(=O)Nc2cc(N)ccc2F)CC1OC. The minimum Gasteiger partial charge on any atom is -0.399 e. The summed E-state index contributed by atoms with van der Waals surface area (Å²) in [6, 6.07) is 4.06. The minimum atomic E-state index is -0.511. The number of benzene rings is 1. The summed E-state index contributed by atoms with van der Waals surface area (Å²) >= 11 is 0. The summed E-state index contributed by atoms with van der Waals surface area (Å²) in [6.07, 6.45) is -0.126. The summed E-state index contributed by atoms with van der Waals surface area (Å²) < 4.78 is 24.2. The molecular formula is C14H20FN3O3. The summed E-state index contributed by atoms with van der Waals surface area (Å²) in [5.74, 6) is -0.811. The highest BCUT2D eigenvalue weighted by molar-refractivity contribution is 5.92. The lowest BCUT2D eigenvalue weighted by Crippen LogP contribution is -2.32. The quantitative estimate of drug-likeness (QED) is 0.782. The third-order valence-corrected chi connectivity index (χ3v) is 3.53. The van der Waals surface area contributed by atoms with Crippen LogP contribution in [0.5, 0.6) is 0 Å². The first kappa shape index (κ1) is 15.7. The van der Waals surface area contributed by atoms with E-state index in [0.29, 0.717) is 18.8 Å². The number of rotatable bonds is 5. The highest BCUT2D eigenvalue weighted by atomic mass is 19.1. The van der Waals surface area contributed by atoms with E-state index in [-0.39, 0.29) is 30.3 Å². The van der Waals surface area contributed by atoms with Crippen LogP contribution in [-0.2, 0) is 14.3 Å². The third kappa shape index (κ3) is 3.90. The number of methoxy groups -OCH3 is 2. The summed E-state index contributed by atoms with van der Waals surface area (Å²) in [5.41, 5.74) is 6.06. The van der Waals surface area contributed by atoms with E-state index in [1.807, 2.05) is 4.90 Å². The van der Waals surface area contributed by atoms with Crippen molar-refractivity contribution in [2.24, 2.45) is 0 Å². The number of carbonyl (C=O) groups is 1. The molecule has 1 heterocycles. The summed E-state index contributed by atoms with van der Waals surface area (Å²) in [6.45, 7) is 1.34. The zero-order valence-corrected chi connectivity index (χ0v) is 12.1. The Hall–Kier alpha value is -1.70. The number of nitrogens with zero attached hydrogens (tertiary/aromatic N) is 1. The first-order valence-electron chi connectivity index (χ1n) is 6.66. The molecule has 0 spiro atoms. The molecule has 0 aliphatic carbocycles. The molecule has 1 aliphatic heterocycles. The Morgan fingerprint density at radius 3 is 2.57 bits per heavy atom. The number of nitrogen functional groups attached to an aromatic ring is 1. The lowest BCUT2D eigenvalue weighted by Gasteiger charge is -2.15. The van der Waals surface area contributed by atoms with E-state index in [1.54, 1.807) is 14.2 Å². The summed E-state index contributed by atoms with van der Waals surface area (Å²) in [7, 11) is 3.23. The summed E-state index contributed by atoms with van der Waals surface area (Å²) in [4.78, 5) is 13.9. The molecule has 1 fully saturated rings. The second kappa shape index (κ2) is 6.84. The van der Waals surface area contributed by atoms with Gasteiger partial charge in [-0.3, -0.25) is 9.69 Å². The Bertz CT molecular complexity index is 500. The normalized spacial score (nSPS) is 22.4. The molecule has 2 unspecified atom stereocenters. The fourth-order valence-electron chi connectivity index (χ4n) is 2.43. The van der Waals surface area contributed by atoms with Gasteiger partial charge in [-0.15, -0.1) is 0 Å². The smallest absolute Gasteiger partial charge is 0.238 e. The molecular weight excluding hydrogens is 277 g/mol. The molecule has 3 N–H and O–H groups in total. The van der Waals surface area contributed by atoms with Gasteiger partial charge >= 0.3 is 0 Å². The van der Waals surface area contributed by atoms with Crippen LogP contribution in [0.1, 0.15) is 0 Å². The maximum absolute atomic E-state index is 13.6. The van der Waals surface area contributed by atoms with Crippen LogP contribution in [0.3, 0.4) is 0 Å². The Balaban J connectivity index is 1.92. The standard InChI is InChI=1S/C14H20FN3O3/c1-20-12-6-18(7-13(12)21-2)8-14(19)17-11-5-9(16)3-4-10(11)15/h3-5,12-13H,6-8,16H2,1-2H3,(H,17,19). The molecule has 1 saturated heterocycles. The molecule has 0 aromatic heterocycles. The van der Waals surface area contributed by atoms with Crippen molar-refractivity contribution in [1.82, 2.24) is 4.90 Å². The molecule has 6 nitrogen and oxygen atoms in total. The van der Waals surface area contributed by atoms with Crippen molar-refractivity contribution in [3.8, 4) is 0 Å². The number of carbonyl (C=O) groups excluding carboxylic acids is 1. The highest BCUT2D eigenvalue weighted by Gasteiger charge is 2.33. The lowest BCUT2D eigenvalue weighted by atomic mass is 10.2. The van der Waals surface area contributed by atoms with E-state index >= 15 is 0 Å². The topological polar surface area (TPSA) is 76.8 Å². The van der Waals surface area contributed by atoms with E-state index < -0.39 is 5.82 Å². The van der Waals surface area contributed by atoms with Gasteiger partial charge in [-0.2, -0.15) is 0 Å². The molecule has 7 heteroatoms. The van der Waals surface area contributed by atoms with Crippen molar-refractivity contribution in [3.63, 3.8) is 0 Å². The van der Waals surface area contributed by atoms with Gasteiger partial charge in [-0.25, -0.2) is 4.39 Å². The van der Waals surface area contributed by atoms with Gasteiger partial charge in [-0.1, -0.05) is 0 Å². The van der Waals surface area contributed by atoms with Crippen molar-refractivity contribution >= 4 is 17.3 Å². The Kier molecular flexibility index (Phi) is 5.11. The first-order valence-corrected chi connectivity index (χ1v) is 6.66. The number of ether oxygens (including phenoxy) is 2. The van der Waals surface area contributed by atoms with Gasteiger partial charge in [-0.05, 0) is 18.2 Å². The van der Waals surface area contributed by atoms with Crippen LogP contribution in [0.2, 0.25) is 0 Å². The predicted octanol–water partition coefficient (Wildman–Crippen LogP) is 0.692. The molecule has 116 valence electrons. The average Bonchev–Trinajstić information content (AvgIpc) is 2.84. The second-order valence-electron chi connectivity index (χ2n) is 5.03. The molecule has 0 saturated carbocycles. The third-order valence-electron chi connectivity index (χ3n) is 3.53. The maximum Gasteiger partial charge on any atom is 0.238 e. The first-order chi connectivity index (χ1) is 10.0. The van der Waals surface area contributed by atoms with E-state index in [9.17, 15) is 9.18 Å². The predicted molar refractivity (Wildman–Crippen MR) is 77.5 cm³/mol. The number of nitrogens with one attached hydrogen (secondary N) is 1. The molecule has 0 bridgehead atoms. The molecule has 1 amide bonds. The van der Waals surface area contributed by atoms with Crippen molar-refractivity contribution in [2.75, 3.05) is 44.9 Å². The molecule has 2 rings (SSSR count). The van der Waals surface area contributed by atoms with Crippen LogP contribution in [0.4, 0.5) is 15.8 Å². The lowest BCUT2D eigenvalue weighted by molar-refractivity contribution is -0.117. The van der Waals surface area contributed by atoms with Gasteiger partial charge in [0.05, 0.1) is 24.4 Å². The van der Waals surface area contributed by atoms with E-state index in [2.05, 4.69) is 5.32 Å². The summed E-state index contributed by atoms with van der Waals surface area (Å²) in [5, 5.41) is 2.53. The van der Waals surface area contributed by atoms with Crippen LogP contribution >= 0.6 is 0 Å². The number of halogens is 1. The Morgan fingerprint density at radius 2 is 2.00 bits per heavy atom. The van der Waals surface area contributed by atoms with Crippen molar-refractivity contribution in [1.29, 1.82) is 0 Å². The van der Waals surface area contributed by atoms with Gasteiger partial charge in [0.15, 0.2) is 0 Å². The monoisotopic (exact) mass is 297 g/mol. The number of amides is 1. The van der Waals surface area contributed by atoms with Gasteiger partial charge < -0.3 is 20.5 Å². The molecule has 1 aromatic carbocycles. The number of nitrogens with two attached hydrogens (primary N) is 1. The number of hydrogen-bond acceptors (Lipinski definition) is 5. The molecule has 2 atom stereocenters. The largest absolute Gasteiger partial charge is 0.399 e. The number of anilines is 2. The van der Waals surface area contributed by atoms with E-state index in [0.717, 1.165) is 0 Å². The van der Waals surface area contributed by atoms with Crippen LogP contribution < -0.4 is 11.1 Å². The number of hydrogen-bond donors (Lipinski definition) is 2. The van der Waals surface area contributed by atoms with Crippen molar-refractivity contribution in [3.05, 3.63) is 24.0 Å². The Labute approximate surface area is 123 Å². The fraction of sp³-hybridized carbons (Fsp3) is 0.500. The highest BCUT2D eigenvalue weighted by Crippen LogP contribution is 2.18. The van der Waals surface area contributed by atoms with Crippen molar-refractivity contribution in [2.45, 2.75) is 12.2 Å². The fourth-order valence-corrected chi connectivity index (χ4v) is 2.43.